The molecule has 2 N–H and O–H groups in total. The Morgan fingerprint density at radius 1 is 1.21 bits per heavy atom. The van der Waals surface area contributed by atoms with Crippen LogP contribution in [-0.4, -0.2) is 48.5 Å². The number of hydrogen-bond acceptors (Lipinski definition) is 5. The Bertz CT molecular complexity index is 466. The number of piperazine rings is 1. The molecule has 0 aliphatic carbocycles. The molecule has 102 valence electrons. The van der Waals surface area contributed by atoms with Gasteiger partial charge < -0.3 is 10.6 Å². The van der Waals surface area contributed by atoms with Crippen LogP contribution in [0, 0.1) is 10.1 Å². The van der Waals surface area contributed by atoms with Gasteiger partial charge in [-0.05, 0) is 12.1 Å². The number of nitrogens with two attached hydrogens (primary N) is 1. The summed E-state index contributed by atoms with van der Waals surface area (Å²) in [6.07, 6.45) is 0. The molecule has 0 bridgehead atoms. The highest BCUT2D eigenvalue weighted by Gasteiger charge is 2.18. The monoisotopic (exact) mass is 264 g/mol. The summed E-state index contributed by atoms with van der Waals surface area (Å²) in [5, 5.41) is 10.6. The number of benzene rings is 1. The molecule has 1 saturated heterocycles. The van der Waals surface area contributed by atoms with Gasteiger partial charge in [-0.3, -0.25) is 19.8 Å². The van der Waals surface area contributed by atoms with Gasteiger partial charge in [0.1, 0.15) is 0 Å². The first-order chi connectivity index (χ1) is 9.06. The largest absolute Gasteiger partial charge is 0.369 e. The maximum absolute atomic E-state index is 10.8. The normalized spacial score (nSPS) is 16.3. The molecule has 1 aromatic rings. The van der Waals surface area contributed by atoms with Crippen LogP contribution in [0.3, 0.4) is 0 Å². The van der Waals surface area contributed by atoms with Crippen LogP contribution in [0.25, 0.3) is 0 Å². The van der Waals surface area contributed by atoms with Gasteiger partial charge in [-0.15, -0.1) is 0 Å². The molecule has 7 heteroatoms. The van der Waals surface area contributed by atoms with Crippen molar-refractivity contribution in [1.29, 1.82) is 0 Å². The van der Waals surface area contributed by atoms with Gasteiger partial charge in [-0.2, -0.15) is 0 Å². The van der Waals surface area contributed by atoms with Crippen LogP contribution in [0.2, 0.25) is 0 Å². The Kier molecular flexibility index (Phi) is 3.96. The van der Waals surface area contributed by atoms with Crippen LogP contribution < -0.4 is 10.6 Å². The number of primary amides is 1. The summed E-state index contributed by atoms with van der Waals surface area (Å²) in [6, 6.07) is 6.51. The van der Waals surface area contributed by atoms with Gasteiger partial charge in [-0.1, -0.05) is 0 Å². The van der Waals surface area contributed by atoms with Gasteiger partial charge in [0.15, 0.2) is 0 Å². The molecule has 0 saturated carbocycles. The van der Waals surface area contributed by atoms with E-state index < -0.39 is 4.92 Å². The fourth-order valence-electron chi connectivity index (χ4n) is 2.17. The molecule has 1 aliphatic rings. The number of anilines is 1. The maximum Gasteiger partial charge on any atom is 0.269 e. The molecule has 0 radical (unpaired) electrons. The average molecular weight is 264 g/mol. The minimum Gasteiger partial charge on any atom is -0.369 e. The number of carbonyl (C=O) groups excluding carboxylic acids is 1. The summed E-state index contributed by atoms with van der Waals surface area (Å²) in [6.45, 7) is 3.38. The lowest BCUT2D eigenvalue weighted by Crippen LogP contribution is -2.48. The summed E-state index contributed by atoms with van der Waals surface area (Å²) in [4.78, 5) is 25.1. The molecule has 1 aliphatic heterocycles. The lowest BCUT2D eigenvalue weighted by molar-refractivity contribution is -0.384. The van der Waals surface area contributed by atoms with Gasteiger partial charge in [0.25, 0.3) is 5.69 Å². The van der Waals surface area contributed by atoms with Crippen LogP contribution in [0.15, 0.2) is 24.3 Å². The van der Waals surface area contributed by atoms with Crippen molar-refractivity contribution in [2.45, 2.75) is 0 Å². The van der Waals surface area contributed by atoms with Crippen molar-refractivity contribution < 1.29 is 9.72 Å². The highest BCUT2D eigenvalue weighted by Crippen LogP contribution is 2.20. The minimum atomic E-state index is -0.408. The second-order valence-electron chi connectivity index (χ2n) is 4.50. The zero-order chi connectivity index (χ0) is 13.8. The molecular formula is C12H16N4O3. The van der Waals surface area contributed by atoms with Crippen LogP contribution >= 0.6 is 0 Å². The first kappa shape index (κ1) is 13.3. The van der Waals surface area contributed by atoms with Gasteiger partial charge in [0.2, 0.25) is 5.91 Å². The number of rotatable bonds is 4. The summed E-state index contributed by atoms with van der Waals surface area (Å²) in [5.41, 5.74) is 6.21. The van der Waals surface area contributed by atoms with Crippen LogP contribution in [0.1, 0.15) is 0 Å². The zero-order valence-corrected chi connectivity index (χ0v) is 10.5. The van der Waals surface area contributed by atoms with Gasteiger partial charge >= 0.3 is 0 Å². The summed E-state index contributed by atoms with van der Waals surface area (Å²) in [5.74, 6) is -0.316. The first-order valence-corrected chi connectivity index (χ1v) is 6.06. The number of non-ortho nitro benzene ring substituents is 1. The summed E-state index contributed by atoms with van der Waals surface area (Å²) < 4.78 is 0. The molecule has 7 nitrogen and oxygen atoms in total. The van der Waals surface area contributed by atoms with Crippen LogP contribution in [0.5, 0.6) is 0 Å². The number of nitro groups is 1. The maximum atomic E-state index is 10.8. The third-order valence-electron chi connectivity index (χ3n) is 3.18. The van der Waals surface area contributed by atoms with Crippen LogP contribution in [0.4, 0.5) is 11.4 Å². The lowest BCUT2D eigenvalue weighted by atomic mass is 10.2. The second kappa shape index (κ2) is 5.66. The third-order valence-corrected chi connectivity index (χ3v) is 3.18. The predicted octanol–water partition coefficient (Wildman–Crippen LogP) is 0.202. The zero-order valence-electron chi connectivity index (χ0n) is 10.5. The Labute approximate surface area is 110 Å². The molecule has 0 aromatic heterocycles. The van der Waals surface area contributed by atoms with E-state index in [4.69, 9.17) is 5.73 Å². The van der Waals surface area contributed by atoms with E-state index >= 15 is 0 Å². The highest BCUT2D eigenvalue weighted by molar-refractivity contribution is 5.75. The van der Waals surface area contributed by atoms with Gasteiger partial charge in [0.05, 0.1) is 11.5 Å². The lowest BCUT2D eigenvalue weighted by Gasteiger charge is -2.35. The second-order valence-corrected chi connectivity index (χ2v) is 4.50. The van der Waals surface area contributed by atoms with Gasteiger partial charge in [-0.25, -0.2) is 0 Å². The predicted molar refractivity (Wildman–Crippen MR) is 70.9 cm³/mol. The SMILES string of the molecule is NC(=O)CN1CCN(c2ccc([N+](=O)[O-])cc2)CC1. The molecular weight excluding hydrogens is 248 g/mol. The Balaban J connectivity index is 1.94. The topological polar surface area (TPSA) is 92.7 Å². The van der Waals surface area contributed by atoms with Crippen molar-refractivity contribution in [3.8, 4) is 0 Å². The fourth-order valence-corrected chi connectivity index (χ4v) is 2.17. The molecule has 2 rings (SSSR count). The molecule has 1 aromatic carbocycles. The summed E-state index contributed by atoms with van der Waals surface area (Å²) >= 11 is 0. The van der Waals surface area contributed by atoms with E-state index in [0.717, 1.165) is 31.9 Å². The van der Waals surface area contributed by atoms with Crippen molar-refractivity contribution >= 4 is 17.3 Å². The van der Waals surface area contributed by atoms with Crippen molar-refractivity contribution in [3.63, 3.8) is 0 Å². The molecule has 1 heterocycles. The Hall–Kier alpha value is -2.15. The van der Waals surface area contributed by atoms with E-state index in [1.54, 1.807) is 12.1 Å². The number of amides is 1. The Morgan fingerprint density at radius 3 is 2.26 bits per heavy atom. The van der Waals surface area contributed by atoms with E-state index in [1.165, 1.54) is 12.1 Å². The number of hydrogen-bond donors (Lipinski definition) is 1. The number of nitrogens with zero attached hydrogens (tertiary/aromatic N) is 3. The Morgan fingerprint density at radius 2 is 1.79 bits per heavy atom. The fraction of sp³-hybridized carbons (Fsp3) is 0.417. The van der Waals surface area contributed by atoms with E-state index in [2.05, 4.69) is 4.90 Å². The number of nitro benzene ring substituents is 1. The van der Waals surface area contributed by atoms with Crippen molar-refractivity contribution in [3.05, 3.63) is 34.4 Å². The summed E-state index contributed by atoms with van der Waals surface area (Å²) in [7, 11) is 0. The van der Waals surface area contributed by atoms with Gasteiger partial charge in [0, 0.05) is 44.0 Å². The van der Waals surface area contributed by atoms with Crippen molar-refractivity contribution in [2.75, 3.05) is 37.6 Å². The third kappa shape index (κ3) is 3.41. The smallest absolute Gasteiger partial charge is 0.269 e. The molecule has 0 unspecified atom stereocenters. The van der Waals surface area contributed by atoms with E-state index in [9.17, 15) is 14.9 Å². The standard InChI is InChI=1S/C12H16N4O3/c13-12(17)9-14-5-7-15(8-6-14)10-1-3-11(4-2-10)16(18)19/h1-4H,5-9H2,(H2,13,17). The average Bonchev–Trinajstić information content (AvgIpc) is 2.39. The van der Waals surface area contributed by atoms with E-state index in [0.29, 0.717) is 0 Å². The number of carbonyl (C=O) groups is 1. The first-order valence-electron chi connectivity index (χ1n) is 6.06. The molecule has 0 spiro atoms. The highest BCUT2D eigenvalue weighted by atomic mass is 16.6. The van der Waals surface area contributed by atoms with E-state index in [1.807, 2.05) is 4.90 Å². The van der Waals surface area contributed by atoms with E-state index in [-0.39, 0.29) is 18.1 Å². The molecule has 0 atom stereocenters. The van der Waals surface area contributed by atoms with Crippen LogP contribution in [-0.2, 0) is 4.79 Å². The van der Waals surface area contributed by atoms with Crippen molar-refractivity contribution in [1.82, 2.24) is 4.90 Å². The molecule has 1 fully saturated rings. The minimum absolute atomic E-state index is 0.0936. The van der Waals surface area contributed by atoms with Crippen molar-refractivity contribution in [2.24, 2.45) is 5.73 Å². The molecule has 1 amide bonds. The quantitative estimate of drug-likeness (QED) is 0.619. The molecule has 19 heavy (non-hydrogen) atoms.